The zero-order chi connectivity index (χ0) is 18.4. The number of halogens is 1. The minimum Gasteiger partial charge on any atom is -0.465 e. The summed E-state index contributed by atoms with van der Waals surface area (Å²) in [6.45, 7) is 0.732. The summed E-state index contributed by atoms with van der Waals surface area (Å²) < 4.78 is 26.7. The smallest absolute Gasteiger partial charge is 0.337 e. The van der Waals surface area contributed by atoms with Crippen LogP contribution in [0.2, 0.25) is 0 Å². The normalized spacial score (nSPS) is 11.9. The van der Waals surface area contributed by atoms with E-state index in [4.69, 9.17) is 4.74 Å². The molecule has 5 nitrogen and oxygen atoms in total. The van der Waals surface area contributed by atoms with E-state index in [1.165, 1.54) is 13.2 Å². The Hall–Kier alpha value is -2.99. The number of benzene rings is 2. The summed E-state index contributed by atoms with van der Waals surface area (Å²) >= 11 is 0. The number of esters is 1. The molecule has 0 aliphatic carbocycles. The van der Waals surface area contributed by atoms with Gasteiger partial charge in [-0.15, -0.1) is 0 Å². The number of carbonyl (C=O) groups excluding carboxylic acids is 1. The first-order valence-corrected chi connectivity index (χ1v) is 8.16. The third-order valence-electron chi connectivity index (χ3n) is 4.01. The third-order valence-corrected chi connectivity index (χ3v) is 4.01. The number of carbonyl (C=O) groups is 1. The minimum absolute atomic E-state index is 0.287. The maximum Gasteiger partial charge on any atom is 0.337 e. The summed E-state index contributed by atoms with van der Waals surface area (Å²) in [5.74, 6) is -0.694. The van der Waals surface area contributed by atoms with E-state index in [1.807, 2.05) is 10.8 Å². The average Bonchev–Trinajstić information content (AvgIpc) is 3.18. The molecular weight excluding hydrogens is 335 g/mol. The lowest BCUT2D eigenvalue weighted by Gasteiger charge is -2.19. The Balaban J connectivity index is 1.73. The summed E-state index contributed by atoms with van der Waals surface area (Å²) in [4.78, 5) is 15.5. The van der Waals surface area contributed by atoms with Gasteiger partial charge >= 0.3 is 5.97 Å². The fourth-order valence-corrected chi connectivity index (χ4v) is 2.61. The van der Waals surface area contributed by atoms with E-state index >= 15 is 0 Å². The maximum absolute atomic E-state index is 14.2. The molecule has 1 aromatic heterocycles. The van der Waals surface area contributed by atoms with Crippen molar-refractivity contribution in [3.05, 3.63) is 89.8 Å². The van der Waals surface area contributed by atoms with Crippen LogP contribution in [0.3, 0.4) is 0 Å². The van der Waals surface area contributed by atoms with Crippen molar-refractivity contribution in [1.82, 2.24) is 9.55 Å². The predicted octanol–water partition coefficient (Wildman–Crippen LogP) is 3.77. The molecular formula is C20H19FN2O3. The largest absolute Gasteiger partial charge is 0.465 e. The van der Waals surface area contributed by atoms with Crippen LogP contribution in [0.4, 0.5) is 4.39 Å². The molecule has 0 radical (unpaired) electrons. The molecule has 26 heavy (non-hydrogen) atoms. The molecule has 0 aliphatic rings. The third kappa shape index (κ3) is 4.34. The number of hydrogen-bond donors (Lipinski definition) is 0. The SMILES string of the molecule is COC(=O)c1ccc(COC(Cn2ccnc2)c2ccccc2F)cc1. The molecule has 6 heteroatoms. The van der Waals surface area contributed by atoms with Gasteiger partial charge in [-0.2, -0.15) is 0 Å². The lowest BCUT2D eigenvalue weighted by atomic mass is 10.1. The number of imidazole rings is 1. The summed E-state index contributed by atoms with van der Waals surface area (Å²) in [7, 11) is 1.34. The van der Waals surface area contributed by atoms with Crippen molar-refractivity contribution in [1.29, 1.82) is 0 Å². The first kappa shape index (κ1) is 17.8. The molecule has 1 unspecified atom stereocenters. The second-order valence-electron chi connectivity index (χ2n) is 5.77. The first-order chi connectivity index (χ1) is 12.7. The van der Waals surface area contributed by atoms with E-state index in [1.54, 1.807) is 55.0 Å². The van der Waals surface area contributed by atoms with Crippen LogP contribution in [0.1, 0.15) is 27.6 Å². The fourth-order valence-electron chi connectivity index (χ4n) is 2.61. The van der Waals surface area contributed by atoms with Gasteiger partial charge in [-0.05, 0) is 23.8 Å². The van der Waals surface area contributed by atoms with Gasteiger partial charge in [0.15, 0.2) is 0 Å². The van der Waals surface area contributed by atoms with Crippen LogP contribution in [0.25, 0.3) is 0 Å². The molecule has 3 rings (SSSR count). The van der Waals surface area contributed by atoms with E-state index in [2.05, 4.69) is 9.72 Å². The van der Waals surface area contributed by atoms with Crippen molar-refractivity contribution in [3.63, 3.8) is 0 Å². The van der Waals surface area contributed by atoms with Gasteiger partial charge in [-0.3, -0.25) is 0 Å². The molecule has 0 saturated carbocycles. The van der Waals surface area contributed by atoms with E-state index in [0.717, 1.165) is 5.56 Å². The molecule has 0 N–H and O–H groups in total. The van der Waals surface area contributed by atoms with E-state index in [9.17, 15) is 9.18 Å². The van der Waals surface area contributed by atoms with Crippen LogP contribution in [0.5, 0.6) is 0 Å². The summed E-state index contributed by atoms with van der Waals surface area (Å²) in [5.41, 5.74) is 1.84. The van der Waals surface area contributed by atoms with Crippen LogP contribution in [-0.4, -0.2) is 22.6 Å². The molecule has 0 saturated heterocycles. The molecule has 134 valence electrons. The van der Waals surface area contributed by atoms with Crippen LogP contribution in [-0.2, 0) is 22.6 Å². The predicted molar refractivity (Wildman–Crippen MR) is 93.9 cm³/mol. The molecule has 0 aliphatic heterocycles. The molecule has 1 heterocycles. The lowest BCUT2D eigenvalue weighted by Crippen LogP contribution is -2.13. The highest BCUT2D eigenvalue weighted by Gasteiger charge is 2.17. The second-order valence-corrected chi connectivity index (χ2v) is 5.77. The zero-order valence-electron chi connectivity index (χ0n) is 14.3. The van der Waals surface area contributed by atoms with Gasteiger partial charge in [-0.1, -0.05) is 30.3 Å². The maximum atomic E-state index is 14.2. The highest BCUT2D eigenvalue weighted by molar-refractivity contribution is 5.89. The van der Waals surface area contributed by atoms with Gasteiger partial charge in [0.05, 0.1) is 32.2 Å². The number of nitrogens with zero attached hydrogens (tertiary/aromatic N) is 2. The number of rotatable bonds is 7. The fraction of sp³-hybridized carbons (Fsp3) is 0.200. The lowest BCUT2D eigenvalue weighted by molar-refractivity contribution is 0.0257. The van der Waals surface area contributed by atoms with Gasteiger partial charge in [-0.25, -0.2) is 14.2 Å². The van der Waals surface area contributed by atoms with Crippen LogP contribution < -0.4 is 0 Å². The van der Waals surface area contributed by atoms with Crippen molar-refractivity contribution in [2.45, 2.75) is 19.3 Å². The Labute approximate surface area is 151 Å². The molecule has 0 amide bonds. The van der Waals surface area contributed by atoms with Crippen molar-refractivity contribution in [2.24, 2.45) is 0 Å². The van der Waals surface area contributed by atoms with Crippen molar-refractivity contribution in [3.8, 4) is 0 Å². The van der Waals surface area contributed by atoms with Gasteiger partial charge in [0, 0.05) is 18.0 Å². The van der Waals surface area contributed by atoms with Gasteiger partial charge in [0.2, 0.25) is 0 Å². The number of ether oxygens (including phenoxy) is 2. The van der Waals surface area contributed by atoms with Crippen LogP contribution >= 0.6 is 0 Å². The highest BCUT2D eigenvalue weighted by Crippen LogP contribution is 2.24. The molecule has 0 fully saturated rings. The quantitative estimate of drug-likeness (QED) is 0.606. The first-order valence-electron chi connectivity index (χ1n) is 8.16. The Kier molecular flexibility index (Phi) is 5.76. The molecule has 2 aromatic carbocycles. The Morgan fingerprint density at radius 3 is 2.62 bits per heavy atom. The Bertz CT molecular complexity index is 848. The topological polar surface area (TPSA) is 53.4 Å². The average molecular weight is 354 g/mol. The number of hydrogen-bond acceptors (Lipinski definition) is 4. The van der Waals surface area contributed by atoms with E-state index in [-0.39, 0.29) is 18.4 Å². The molecule has 0 bridgehead atoms. The summed E-state index contributed by atoms with van der Waals surface area (Å²) in [6.07, 6.45) is 4.68. The molecule has 3 aromatic rings. The van der Waals surface area contributed by atoms with E-state index in [0.29, 0.717) is 17.7 Å². The molecule has 0 spiro atoms. The zero-order valence-corrected chi connectivity index (χ0v) is 14.3. The molecule has 1 atom stereocenters. The highest BCUT2D eigenvalue weighted by atomic mass is 19.1. The van der Waals surface area contributed by atoms with Gasteiger partial charge in [0.1, 0.15) is 11.9 Å². The number of aromatic nitrogens is 2. The number of methoxy groups -OCH3 is 1. The van der Waals surface area contributed by atoms with Crippen molar-refractivity contribution < 1.29 is 18.7 Å². The Morgan fingerprint density at radius 1 is 1.19 bits per heavy atom. The van der Waals surface area contributed by atoms with E-state index < -0.39 is 6.10 Å². The van der Waals surface area contributed by atoms with Crippen LogP contribution in [0.15, 0.2) is 67.3 Å². The second kappa shape index (κ2) is 8.40. The standard InChI is InChI=1S/C20H19FN2O3/c1-25-20(24)16-8-6-15(7-9-16)13-26-19(12-23-11-10-22-14-23)17-4-2-3-5-18(17)21/h2-11,14,19H,12-13H2,1H3. The van der Waals surface area contributed by atoms with Crippen LogP contribution in [0, 0.1) is 5.82 Å². The van der Waals surface area contributed by atoms with Crippen molar-refractivity contribution >= 4 is 5.97 Å². The summed E-state index contributed by atoms with van der Waals surface area (Å²) in [6, 6.07) is 13.5. The Morgan fingerprint density at radius 2 is 1.96 bits per heavy atom. The van der Waals surface area contributed by atoms with Gasteiger partial charge in [0.25, 0.3) is 0 Å². The summed E-state index contributed by atoms with van der Waals surface area (Å²) in [5, 5.41) is 0. The van der Waals surface area contributed by atoms with Crippen molar-refractivity contribution in [2.75, 3.05) is 7.11 Å². The minimum atomic E-state index is -0.467. The monoisotopic (exact) mass is 354 g/mol. The van der Waals surface area contributed by atoms with Gasteiger partial charge < -0.3 is 14.0 Å².